The van der Waals surface area contributed by atoms with Crippen LogP contribution >= 0.6 is 11.6 Å². The van der Waals surface area contributed by atoms with E-state index in [1.54, 1.807) is 40.2 Å². The van der Waals surface area contributed by atoms with Crippen molar-refractivity contribution >= 4 is 34.9 Å². The number of fused-ring (bicyclic) bond motifs is 1. The Labute approximate surface area is 218 Å². The summed E-state index contributed by atoms with van der Waals surface area (Å²) in [4.78, 5) is 31.3. The highest BCUT2D eigenvalue weighted by Gasteiger charge is 2.53. The Balaban J connectivity index is 1.08. The SMILES string of the molecule is C[C@@H](c1cnc(N2C[C@H]3C[C@H]3C2=O)c(N)c1)n1cc(C(=O)NC2CC(c3cc(Cl)ccc3C#N)C2)nn1. The van der Waals surface area contributed by atoms with Crippen LogP contribution in [0.25, 0.3) is 0 Å². The lowest BCUT2D eigenvalue weighted by Crippen LogP contribution is -2.43. The van der Waals surface area contributed by atoms with Gasteiger partial charge in [0.05, 0.1) is 29.6 Å². The maximum atomic E-state index is 12.8. The third-order valence-corrected chi connectivity index (χ3v) is 8.00. The summed E-state index contributed by atoms with van der Waals surface area (Å²) in [5, 5.41) is 21.1. The van der Waals surface area contributed by atoms with E-state index in [1.165, 1.54) is 0 Å². The molecule has 0 unspecified atom stereocenters. The van der Waals surface area contributed by atoms with Crippen LogP contribution in [0.2, 0.25) is 5.02 Å². The number of piperidine rings is 1. The number of benzene rings is 1. The highest BCUT2D eigenvalue weighted by atomic mass is 35.5. The van der Waals surface area contributed by atoms with E-state index in [4.69, 9.17) is 17.3 Å². The van der Waals surface area contributed by atoms with Crippen LogP contribution in [-0.2, 0) is 4.79 Å². The van der Waals surface area contributed by atoms with Crippen molar-refractivity contribution < 1.29 is 9.59 Å². The van der Waals surface area contributed by atoms with E-state index in [9.17, 15) is 14.9 Å². The molecule has 6 rings (SSSR count). The maximum Gasteiger partial charge on any atom is 0.273 e. The van der Waals surface area contributed by atoms with E-state index in [2.05, 4.69) is 26.7 Å². The van der Waals surface area contributed by atoms with Crippen LogP contribution in [0.5, 0.6) is 0 Å². The summed E-state index contributed by atoms with van der Waals surface area (Å²) in [6.45, 7) is 2.59. The van der Waals surface area contributed by atoms with Gasteiger partial charge in [0, 0.05) is 29.7 Å². The first-order chi connectivity index (χ1) is 17.8. The van der Waals surface area contributed by atoms with E-state index in [1.807, 2.05) is 13.0 Å². The predicted octanol–water partition coefficient (Wildman–Crippen LogP) is 3.05. The van der Waals surface area contributed by atoms with Crippen molar-refractivity contribution in [2.75, 3.05) is 17.2 Å². The first kappa shape index (κ1) is 23.4. The minimum atomic E-state index is -0.299. The second kappa shape index (κ2) is 8.85. The summed E-state index contributed by atoms with van der Waals surface area (Å²) in [5.41, 5.74) is 9.25. The summed E-state index contributed by atoms with van der Waals surface area (Å²) in [6, 6.07) is 9.00. The number of halogens is 1. The van der Waals surface area contributed by atoms with Crippen molar-refractivity contribution in [1.82, 2.24) is 25.3 Å². The Morgan fingerprint density at radius 3 is 2.81 bits per heavy atom. The Hall–Kier alpha value is -3.97. The molecule has 1 aromatic carbocycles. The highest BCUT2D eigenvalue weighted by molar-refractivity contribution is 6.30. The van der Waals surface area contributed by atoms with Gasteiger partial charge in [0.2, 0.25) is 5.91 Å². The van der Waals surface area contributed by atoms with Crippen LogP contribution in [0.3, 0.4) is 0 Å². The molecular formula is C26H25ClN8O2. The second-order valence-corrected chi connectivity index (χ2v) is 10.6. The number of carbonyl (C=O) groups is 2. The van der Waals surface area contributed by atoms with Crippen LogP contribution in [0, 0.1) is 23.2 Å². The first-order valence-corrected chi connectivity index (χ1v) is 12.7. The van der Waals surface area contributed by atoms with Gasteiger partial charge in [0.1, 0.15) is 0 Å². The molecular weight excluding hydrogens is 492 g/mol. The number of amides is 2. The molecule has 3 N–H and O–H groups in total. The van der Waals surface area contributed by atoms with Crippen LogP contribution in [0.1, 0.15) is 65.3 Å². The van der Waals surface area contributed by atoms with E-state index in [0.717, 1.165) is 30.4 Å². The van der Waals surface area contributed by atoms with Crippen molar-refractivity contribution in [2.24, 2.45) is 11.8 Å². The molecule has 3 atom stereocenters. The maximum absolute atomic E-state index is 12.8. The van der Waals surface area contributed by atoms with Gasteiger partial charge in [-0.15, -0.1) is 5.10 Å². The number of nitrogen functional groups attached to an aromatic ring is 1. The van der Waals surface area contributed by atoms with Gasteiger partial charge in [-0.05, 0) is 73.4 Å². The van der Waals surface area contributed by atoms with Crippen molar-refractivity contribution in [3.63, 3.8) is 0 Å². The van der Waals surface area contributed by atoms with Crippen molar-refractivity contribution in [3.8, 4) is 6.07 Å². The number of aromatic nitrogens is 4. The van der Waals surface area contributed by atoms with Gasteiger partial charge in [0.15, 0.2) is 11.5 Å². The number of hydrogen-bond acceptors (Lipinski definition) is 7. The molecule has 10 nitrogen and oxygen atoms in total. The van der Waals surface area contributed by atoms with Gasteiger partial charge >= 0.3 is 0 Å². The van der Waals surface area contributed by atoms with Gasteiger partial charge in [0.25, 0.3) is 5.91 Å². The Kier molecular flexibility index (Phi) is 5.60. The number of nitrogens with one attached hydrogen (secondary N) is 1. The second-order valence-electron chi connectivity index (χ2n) is 10.2. The molecule has 2 aromatic heterocycles. The third kappa shape index (κ3) is 4.19. The number of pyridine rings is 1. The molecule has 1 aliphatic heterocycles. The zero-order chi connectivity index (χ0) is 25.8. The van der Waals surface area contributed by atoms with E-state index in [-0.39, 0.29) is 41.4 Å². The van der Waals surface area contributed by atoms with Crippen molar-refractivity contribution in [3.05, 3.63) is 64.1 Å². The third-order valence-electron chi connectivity index (χ3n) is 7.76. The molecule has 2 amide bonds. The van der Waals surface area contributed by atoms with E-state index in [0.29, 0.717) is 34.6 Å². The normalized spacial score (nSPS) is 24.7. The quantitative estimate of drug-likeness (QED) is 0.512. The molecule has 188 valence electrons. The predicted molar refractivity (Wildman–Crippen MR) is 136 cm³/mol. The van der Waals surface area contributed by atoms with Gasteiger partial charge in [-0.25, -0.2) is 9.67 Å². The largest absolute Gasteiger partial charge is 0.396 e. The standard InChI is InChI=1S/C26H25ClN8O2/c1-13(16-7-22(29)24(30-10-16)34-11-17-6-21(17)26(34)37)35-12-23(32-33-35)25(36)31-19-4-15(5-19)20-8-18(27)3-2-14(20)9-28/h2-3,7-8,10,12-13,15,17,19,21H,4-6,11,29H2,1H3,(H,31,36)/t13-,15?,17+,19?,21+/m0/s1. The van der Waals surface area contributed by atoms with Crippen molar-refractivity contribution in [2.45, 2.75) is 44.2 Å². The molecule has 3 aromatic rings. The molecule has 1 saturated heterocycles. The summed E-state index contributed by atoms with van der Waals surface area (Å²) in [5.74, 6) is 1.06. The number of anilines is 2. The Morgan fingerprint density at radius 2 is 2.11 bits per heavy atom. The molecule has 3 aliphatic rings. The van der Waals surface area contributed by atoms with Crippen molar-refractivity contribution in [1.29, 1.82) is 5.26 Å². The molecule has 0 bridgehead atoms. The average Bonchev–Trinajstić information content (AvgIpc) is 3.32. The molecule has 2 aliphatic carbocycles. The number of rotatable bonds is 6. The van der Waals surface area contributed by atoms with E-state index >= 15 is 0 Å². The molecule has 3 fully saturated rings. The van der Waals surface area contributed by atoms with E-state index < -0.39 is 0 Å². The fourth-order valence-electron chi connectivity index (χ4n) is 5.36. The molecule has 2 saturated carbocycles. The molecule has 3 heterocycles. The lowest BCUT2D eigenvalue weighted by Gasteiger charge is -2.36. The average molecular weight is 517 g/mol. The molecule has 0 radical (unpaired) electrons. The lowest BCUT2D eigenvalue weighted by molar-refractivity contribution is -0.118. The topological polar surface area (TPSA) is 143 Å². The van der Waals surface area contributed by atoms with Gasteiger partial charge in [-0.1, -0.05) is 16.8 Å². The zero-order valence-corrected chi connectivity index (χ0v) is 20.9. The number of carbonyl (C=O) groups excluding carboxylic acids is 2. The number of hydrogen-bond donors (Lipinski definition) is 2. The first-order valence-electron chi connectivity index (χ1n) is 12.3. The smallest absolute Gasteiger partial charge is 0.273 e. The van der Waals surface area contributed by atoms with Gasteiger partial charge in [-0.2, -0.15) is 5.26 Å². The minimum Gasteiger partial charge on any atom is -0.396 e. The summed E-state index contributed by atoms with van der Waals surface area (Å²) in [7, 11) is 0. The number of nitriles is 1. The number of nitrogens with zero attached hydrogens (tertiary/aromatic N) is 6. The van der Waals surface area contributed by atoms with Crippen LogP contribution < -0.4 is 16.0 Å². The van der Waals surface area contributed by atoms with Crippen LogP contribution in [0.15, 0.2) is 36.7 Å². The van der Waals surface area contributed by atoms with Gasteiger partial charge < -0.3 is 11.1 Å². The fraction of sp³-hybridized carbons (Fsp3) is 0.385. The number of nitrogens with two attached hydrogens (primary N) is 1. The Bertz CT molecular complexity index is 1460. The fourth-order valence-corrected chi connectivity index (χ4v) is 5.54. The van der Waals surface area contributed by atoms with Crippen LogP contribution in [-0.4, -0.2) is 44.4 Å². The summed E-state index contributed by atoms with van der Waals surface area (Å²) < 4.78 is 1.59. The Morgan fingerprint density at radius 1 is 1.30 bits per heavy atom. The van der Waals surface area contributed by atoms with Crippen LogP contribution in [0.4, 0.5) is 11.5 Å². The minimum absolute atomic E-state index is 0.0125. The lowest BCUT2D eigenvalue weighted by atomic mass is 9.74. The summed E-state index contributed by atoms with van der Waals surface area (Å²) in [6.07, 6.45) is 5.71. The zero-order valence-electron chi connectivity index (χ0n) is 20.1. The molecule has 11 heteroatoms. The van der Waals surface area contributed by atoms with Gasteiger partial charge in [-0.3, -0.25) is 14.5 Å². The molecule has 37 heavy (non-hydrogen) atoms. The highest BCUT2D eigenvalue weighted by Crippen LogP contribution is 2.48. The summed E-state index contributed by atoms with van der Waals surface area (Å²) >= 11 is 6.11. The molecule has 0 spiro atoms. The monoisotopic (exact) mass is 516 g/mol.